The van der Waals surface area contributed by atoms with Gasteiger partial charge in [0, 0.05) is 12.7 Å². The van der Waals surface area contributed by atoms with Gasteiger partial charge in [-0.15, -0.1) is 0 Å². The van der Waals surface area contributed by atoms with E-state index < -0.39 is 0 Å². The lowest BCUT2D eigenvalue weighted by Gasteiger charge is -2.36. The number of rotatable bonds is 2. The summed E-state index contributed by atoms with van der Waals surface area (Å²) in [6, 6.07) is 6.62. The van der Waals surface area contributed by atoms with Crippen molar-refractivity contribution in [2.45, 2.75) is 18.9 Å². The zero-order valence-corrected chi connectivity index (χ0v) is 9.26. The summed E-state index contributed by atoms with van der Waals surface area (Å²) in [5, 5.41) is 0. The molecule has 1 aromatic rings. The topological polar surface area (TPSA) is 42.1 Å². The van der Waals surface area contributed by atoms with Gasteiger partial charge >= 0.3 is 0 Å². The van der Waals surface area contributed by atoms with Crippen LogP contribution in [-0.4, -0.2) is 30.0 Å². The molecular formula is C12H19N3. The van der Waals surface area contributed by atoms with E-state index in [0.717, 1.165) is 13.1 Å². The molecule has 2 heterocycles. The molecule has 1 fully saturated rings. The lowest BCUT2D eigenvalue weighted by Crippen LogP contribution is -2.38. The van der Waals surface area contributed by atoms with Gasteiger partial charge in [-0.2, -0.15) is 0 Å². The van der Waals surface area contributed by atoms with Crippen molar-refractivity contribution in [3.63, 3.8) is 0 Å². The van der Waals surface area contributed by atoms with Gasteiger partial charge in [0.25, 0.3) is 0 Å². The molecule has 2 rings (SSSR count). The molecule has 0 aromatic carbocycles. The first kappa shape index (κ1) is 10.6. The van der Waals surface area contributed by atoms with Crippen molar-refractivity contribution in [1.82, 2.24) is 9.88 Å². The molecule has 0 aliphatic carbocycles. The first-order valence-corrected chi connectivity index (χ1v) is 5.62. The van der Waals surface area contributed by atoms with Crippen LogP contribution < -0.4 is 5.73 Å². The molecule has 3 nitrogen and oxygen atoms in total. The quantitative estimate of drug-likeness (QED) is 0.794. The van der Waals surface area contributed by atoms with Gasteiger partial charge < -0.3 is 5.73 Å². The minimum absolute atomic E-state index is 0.481. The summed E-state index contributed by atoms with van der Waals surface area (Å²) in [4.78, 5) is 6.81. The van der Waals surface area contributed by atoms with Crippen molar-refractivity contribution >= 4 is 0 Å². The SMILES string of the molecule is CN1CC(CN)CCC1c1ccccn1. The van der Waals surface area contributed by atoms with E-state index in [9.17, 15) is 0 Å². The van der Waals surface area contributed by atoms with Gasteiger partial charge in [0.05, 0.1) is 11.7 Å². The minimum Gasteiger partial charge on any atom is -0.330 e. The number of pyridine rings is 1. The standard InChI is InChI=1S/C12H19N3/c1-15-9-10(8-13)5-6-12(15)11-4-2-3-7-14-11/h2-4,7,10,12H,5-6,8-9,13H2,1H3. The molecule has 2 unspecified atom stereocenters. The minimum atomic E-state index is 0.481. The molecule has 15 heavy (non-hydrogen) atoms. The Morgan fingerprint density at radius 3 is 2.93 bits per heavy atom. The monoisotopic (exact) mass is 205 g/mol. The largest absolute Gasteiger partial charge is 0.330 e. The summed E-state index contributed by atoms with van der Waals surface area (Å²) in [5.41, 5.74) is 6.90. The van der Waals surface area contributed by atoms with Crippen molar-refractivity contribution in [2.75, 3.05) is 20.1 Å². The van der Waals surface area contributed by atoms with Crippen molar-refractivity contribution in [2.24, 2.45) is 11.7 Å². The summed E-state index contributed by atoms with van der Waals surface area (Å²) in [5.74, 6) is 0.662. The highest BCUT2D eigenvalue weighted by molar-refractivity contribution is 5.09. The number of piperidine rings is 1. The number of hydrogen-bond acceptors (Lipinski definition) is 3. The Hall–Kier alpha value is -0.930. The average Bonchev–Trinajstić information content (AvgIpc) is 2.30. The second-order valence-electron chi connectivity index (χ2n) is 4.39. The van der Waals surface area contributed by atoms with Gasteiger partial charge in [-0.25, -0.2) is 0 Å². The second-order valence-corrected chi connectivity index (χ2v) is 4.39. The van der Waals surface area contributed by atoms with E-state index in [4.69, 9.17) is 5.73 Å². The van der Waals surface area contributed by atoms with Gasteiger partial charge in [0.1, 0.15) is 0 Å². The highest BCUT2D eigenvalue weighted by Crippen LogP contribution is 2.30. The van der Waals surface area contributed by atoms with Gasteiger partial charge in [-0.05, 0) is 44.5 Å². The van der Waals surface area contributed by atoms with Crippen molar-refractivity contribution < 1.29 is 0 Å². The summed E-state index contributed by atoms with van der Waals surface area (Å²) in [6.07, 6.45) is 4.27. The van der Waals surface area contributed by atoms with Crippen LogP contribution in [0.25, 0.3) is 0 Å². The average molecular weight is 205 g/mol. The van der Waals surface area contributed by atoms with Crippen LogP contribution in [0.2, 0.25) is 0 Å². The van der Waals surface area contributed by atoms with E-state index in [-0.39, 0.29) is 0 Å². The van der Waals surface area contributed by atoms with Crippen LogP contribution in [0, 0.1) is 5.92 Å². The first-order valence-electron chi connectivity index (χ1n) is 5.62. The summed E-state index contributed by atoms with van der Waals surface area (Å²) in [6.45, 7) is 1.90. The summed E-state index contributed by atoms with van der Waals surface area (Å²) < 4.78 is 0. The Bertz CT molecular complexity index is 299. The Balaban J connectivity index is 2.06. The maximum absolute atomic E-state index is 5.71. The van der Waals surface area contributed by atoms with E-state index in [1.807, 2.05) is 12.3 Å². The van der Waals surface area contributed by atoms with Crippen LogP contribution in [0.1, 0.15) is 24.6 Å². The fourth-order valence-corrected chi connectivity index (χ4v) is 2.38. The molecule has 0 radical (unpaired) electrons. The van der Waals surface area contributed by atoms with E-state index in [0.29, 0.717) is 12.0 Å². The van der Waals surface area contributed by atoms with Gasteiger partial charge in [-0.1, -0.05) is 6.07 Å². The molecule has 1 aliphatic heterocycles. The number of nitrogens with zero attached hydrogens (tertiary/aromatic N) is 2. The molecule has 0 saturated carbocycles. The molecular weight excluding hydrogens is 186 g/mol. The number of hydrogen-bond donors (Lipinski definition) is 1. The predicted octanol–water partition coefficient (Wildman–Crippen LogP) is 1.42. The summed E-state index contributed by atoms with van der Waals surface area (Å²) >= 11 is 0. The molecule has 0 amide bonds. The number of nitrogens with two attached hydrogens (primary N) is 1. The Morgan fingerprint density at radius 2 is 2.33 bits per heavy atom. The van der Waals surface area contributed by atoms with Gasteiger partial charge in [0.15, 0.2) is 0 Å². The first-order chi connectivity index (χ1) is 7.31. The molecule has 0 spiro atoms. The van der Waals surface area contributed by atoms with Crippen molar-refractivity contribution in [3.05, 3.63) is 30.1 Å². The molecule has 0 bridgehead atoms. The van der Waals surface area contributed by atoms with Crippen LogP contribution in [-0.2, 0) is 0 Å². The van der Waals surface area contributed by atoms with Gasteiger partial charge in [-0.3, -0.25) is 9.88 Å². The summed E-state index contributed by atoms with van der Waals surface area (Å²) in [7, 11) is 2.17. The third-order valence-electron chi connectivity index (χ3n) is 3.29. The highest BCUT2D eigenvalue weighted by atomic mass is 15.1. The predicted molar refractivity (Wildman–Crippen MR) is 61.4 cm³/mol. The van der Waals surface area contributed by atoms with Crippen LogP contribution in [0.15, 0.2) is 24.4 Å². The maximum atomic E-state index is 5.71. The van der Waals surface area contributed by atoms with E-state index >= 15 is 0 Å². The maximum Gasteiger partial charge on any atom is 0.0575 e. The fraction of sp³-hybridized carbons (Fsp3) is 0.583. The van der Waals surface area contributed by atoms with Crippen LogP contribution >= 0.6 is 0 Å². The lowest BCUT2D eigenvalue weighted by molar-refractivity contribution is 0.138. The van der Waals surface area contributed by atoms with Crippen LogP contribution in [0.3, 0.4) is 0 Å². The third kappa shape index (κ3) is 2.36. The molecule has 1 saturated heterocycles. The molecule has 82 valence electrons. The number of aromatic nitrogens is 1. The Morgan fingerprint density at radius 1 is 1.47 bits per heavy atom. The smallest absolute Gasteiger partial charge is 0.0575 e. The molecule has 3 heteroatoms. The van der Waals surface area contributed by atoms with Crippen molar-refractivity contribution in [1.29, 1.82) is 0 Å². The lowest BCUT2D eigenvalue weighted by atomic mass is 9.91. The zero-order chi connectivity index (χ0) is 10.7. The van der Waals surface area contributed by atoms with Gasteiger partial charge in [0.2, 0.25) is 0 Å². The Labute approximate surface area is 91.3 Å². The second kappa shape index (κ2) is 4.73. The third-order valence-corrected chi connectivity index (χ3v) is 3.29. The van der Waals surface area contributed by atoms with E-state index in [1.165, 1.54) is 18.5 Å². The van der Waals surface area contributed by atoms with E-state index in [1.54, 1.807) is 0 Å². The van der Waals surface area contributed by atoms with Crippen LogP contribution in [0.4, 0.5) is 0 Å². The zero-order valence-electron chi connectivity index (χ0n) is 9.26. The normalized spacial score (nSPS) is 27.9. The molecule has 2 atom stereocenters. The van der Waals surface area contributed by atoms with Crippen LogP contribution in [0.5, 0.6) is 0 Å². The number of likely N-dealkylation sites (tertiary alicyclic amines) is 1. The molecule has 2 N–H and O–H groups in total. The Kier molecular flexibility index (Phi) is 3.34. The molecule has 1 aliphatic rings. The fourth-order valence-electron chi connectivity index (χ4n) is 2.38. The molecule has 1 aromatic heterocycles. The van der Waals surface area contributed by atoms with E-state index in [2.05, 4.69) is 29.1 Å². The highest BCUT2D eigenvalue weighted by Gasteiger charge is 2.26. The van der Waals surface area contributed by atoms with Crippen molar-refractivity contribution in [3.8, 4) is 0 Å².